The Morgan fingerprint density at radius 2 is 2.12 bits per heavy atom. The van der Waals surface area contributed by atoms with Crippen molar-refractivity contribution in [3.8, 4) is 5.75 Å². The first-order chi connectivity index (χ1) is 8.15. The molecule has 0 unspecified atom stereocenters. The number of rotatable bonds is 7. The van der Waals surface area contributed by atoms with Crippen molar-refractivity contribution >= 4 is 28.8 Å². The Bertz CT molecular complexity index is 387. The molecule has 4 nitrogen and oxygen atoms in total. The maximum absolute atomic E-state index is 8.50. The Morgan fingerprint density at radius 3 is 2.71 bits per heavy atom. The predicted molar refractivity (Wildman–Crippen MR) is 70.7 cm³/mol. The second kappa shape index (κ2) is 7.45. The van der Waals surface area contributed by atoms with Gasteiger partial charge in [-0.05, 0) is 18.2 Å². The summed E-state index contributed by atoms with van der Waals surface area (Å²) in [5.74, 6) is 0.555. The quantitative estimate of drug-likeness (QED) is 0.581. The Hall–Kier alpha value is -0.880. The number of aliphatic hydroxyl groups is 1. The molecule has 1 rings (SSSR count). The van der Waals surface area contributed by atoms with Gasteiger partial charge in [0.2, 0.25) is 0 Å². The molecular formula is C11H14ClNO3S. The lowest BCUT2D eigenvalue weighted by Crippen LogP contribution is -2.11. The van der Waals surface area contributed by atoms with Crippen LogP contribution in [-0.4, -0.2) is 36.5 Å². The highest BCUT2D eigenvalue weighted by molar-refractivity contribution is 7.80. The standard InChI is InChI=1S/C11H14ClNO3S/c12-9-7-8(11(13)17)1-2-10(9)16-6-5-15-4-3-14/h1-2,7,14H,3-6H2,(H2,13,17). The molecule has 0 aliphatic rings. The molecule has 3 N–H and O–H groups in total. The monoisotopic (exact) mass is 275 g/mol. The summed E-state index contributed by atoms with van der Waals surface area (Å²) in [5.41, 5.74) is 6.18. The van der Waals surface area contributed by atoms with Gasteiger partial charge in [0, 0.05) is 5.56 Å². The Kier molecular flexibility index (Phi) is 6.21. The van der Waals surface area contributed by atoms with Crippen molar-refractivity contribution in [1.29, 1.82) is 0 Å². The van der Waals surface area contributed by atoms with E-state index in [4.69, 9.17) is 44.1 Å². The normalized spacial score (nSPS) is 10.2. The van der Waals surface area contributed by atoms with Crippen LogP contribution < -0.4 is 10.5 Å². The van der Waals surface area contributed by atoms with Gasteiger partial charge in [-0.1, -0.05) is 23.8 Å². The molecule has 0 aliphatic carbocycles. The fourth-order valence-corrected chi connectivity index (χ4v) is 1.51. The highest BCUT2D eigenvalue weighted by Gasteiger charge is 2.04. The molecule has 6 heteroatoms. The summed E-state index contributed by atoms with van der Waals surface area (Å²) in [6, 6.07) is 5.12. The summed E-state index contributed by atoms with van der Waals surface area (Å²) in [5, 5.41) is 8.95. The van der Waals surface area contributed by atoms with Crippen LogP contribution in [0.4, 0.5) is 0 Å². The van der Waals surface area contributed by atoms with Gasteiger partial charge in [0.05, 0.1) is 24.8 Å². The number of hydrogen-bond acceptors (Lipinski definition) is 4. The van der Waals surface area contributed by atoms with Crippen LogP contribution in [0.3, 0.4) is 0 Å². The Morgan fingerprint density at radius 1 is 1.35 bits per heavy atom. The van der Waals surface area contributed by atoms with E-state index in [1.165, 1.54) is 0 Å². The molecule has 1 aromatic carbocycles. The molecule has 0 aliphatic heterocycles. The van der Waals surface area contributed by atoms with E-state index in [1.54, 1.807) is 18.2 Å². The third kappa shape index (κ3) is 4.87. The minimum absolute atomic E-state index is 0.00337. The third-order valence-electron chi connectivity index (χ3n) is 1.94. The van der Waals surface area contributed by atoms with Crippen LogP contribution in [0.2, 0.25) is 5.02 Å². The molecule has 0 radical (unpaired) electrons. The summed E-state index contributed by atoms with van der Waals surface area (Å²) in [6.45, 7) is 1.07. The number of ether oxygens (including phenoxy) is 2. The topological polar surface area (TPSA) is 64.7 Å². The van der Waals surface area contributed by atoms with E-state index in [0.29, 0.717) is 41.1 Å². The lowest BCUT2D eigenvalue weighted by atomic mass is 10.2. The molecule has 0 heterocycles. The van der Waals surface area contributed by atoms with Gasteiger partial charge in [-0.3, -0.25) is 0 Å². The third-order valence-corrected chi connectivity index (χ3v) is 2.47. The van der Waals surface area contributed by atoms with Crippen LogP contribution in [0.1, 0.15) is 5.56 Å². The zero-order valence-corrected chi connectivity index (χ0v) is 10.8. The fraction of sp³-hybridized carbons (Fsp3) is 0.364. The number of benzene rings is 1. The maximum Gasteiger partial charge on any atom is 0.138 e. The smallest absolute Gasteiger partial charge is 0.138 e. The van der Waals surface area contributed by atoms with Crippen molar-refractivity contribution in [2.24, 2.45) is 5.73 Å². The van der Waals surface area contributed by atoms with Crippen LogP contribution in [-0.2, 0) is 4.74 Å². The molecule has 0 saturated carbocycles. The lowest BCUT2D eigenvalue weighted by Gasteiger charge is -2.09. The maximum atomic E-state index is 8.50. The van der Waals surface area contributed by atoms with Crippen LogP contribution >= 0.6 is 23.8 Å². The van der Waals surface area contributed by atoms with Gasteiger partial charge in [-0.15, -0.1) is 0 Å². The number of hydrogen-bond donors (Lipinski definition) is 2. The number of nitrogens with two attached hydrogens (primary N) is 1. The molecule has 0 aromatic heterocycles. The first-order valence-corrected chi connectivity index (χ1v) is 5.84. The van der Waals surface area contributed by atoms with E-state index in [1.807, 2.05) is 0 Å². The molecular weight excluding hydrogens is 262 g/mol. The highest BCUT2D eigenvalue weighted by atomic mass is 35.5. The lowest BCUT2D eigenvalue weighted by molar-refractivity contribution is 0.0705. The second-order valence-corrected chi connectivity index (χ2v) is 4.04. The summed E-state index contributed by atoms with van der Waals surface area (Å²) in [6.07, 6.45) is 0. The van der Waals surface area contributed by atoms with Gasteiger partial charge in [-0.2, -0.15) is 0 Å². The van der Waals surface area contributed by atoms with Crippen molar-refractivity contribution in [2.75, 3.05) is 26.4 Å². The summed E-state index contributed by atoms with van der Waals surface area (Å²) < 4.78 is 10.4. The van der Waals surface area contributed by atoms with Crippen molar-refractivity contribution < 1.29 is 14.6 Å². The molecule has 94 valence electrons. The minimum Gasteiger partial charge on any atom is -0.490 e. The van der Waals surface area contributed by atoms with E-state index >= 15 is 0 Å². The Labute approximate surface area is 110 Å². The first kappa shape index (κ1) is 14.2. The molecule has 0 atom stereocenters. The van der Waals surface area contributed by atoms with Gasteiger partial charge in [0.15, 0.2) is 0 Å². The van der Waals surface area contributed by atoms with Crippen molar-refractivity contribution in [2.45, 2.75) is 0 Å². The highest BCUT2D eigenvalue weighted by Crippen LogP contribution is 2.25. The summed E-state index contributed by atoms with van der Waals surface area (Å²) >= 11 is 10.8. The molecule has 1 aromatic rings. The van der Waals surface area contributed by atoms with Gasteiger partial charge in [-0.25, -0.2) is 0 Å². The fourth-order valence-electron chi connectivity index (χ4n) is 1.15. The van der Waals surface area contributed by atoms with Crippen molar-refractivity contribution in [1.82, 2.24) is 0 Å². The first-order valence-electron chi connectivity index (χ1n) is 5.06. The van der Waals surface area contributed by atoms with E-state index in [0.717, 1.165) is 0 Å². The van der Waals surface area contributed by atoms with E-state index in [-0.39, 0.29) is 6.61 Å². The zero-order chi connectivity index (χ0) is 12.7. The molecule has 0 spiro atoms. The summed E-state index contributed by atoms with van der Waals surface area (Å²) in [7, 11) is 0. The average Bonchev–Trinajstić information content (AvgIpc) is 2.30. The van der Waals surface area contributed by atoms with Gasteiger partial charge >= 0.3 is 0 Å². The molecule has 17 heavy (non-hydrogen) atoms. The second-order valence-electron chi connectivity index (χ2n) is 3.19. The predicted octanol–water partition coefficient (Wildman–Crippen LogP) is 1.36. The van der Waals surface area contributed by atoms with Crippen LogP contribution in [0.25, 0.3) is 0 Å². The van der Waals surface area contributed by atoms with Gasteiger partial charge < -0.3 is 20.3 Å². The van der Waals surface area contributed by atoms with Crippen LogP contribution in [0.5, 0.6) is 5.75 Å². The van der Waals surface area contributed by atoms with Gasteiger partial charge in [0.1, 0.15) is 17.3 Å². The van der Waals surface area contributed by atoms with E-state index in [2.05, 4.69) is 0 Å². The minimum atomic E-state index is 0.00337. The van der Waals surface area contributed by atoms with Gasteiger partial charge in [0.25, 0.3) is 0 Å². The van der Waals surface area contributed by atoms with Crippen molar-refractivity contribution in [3.05, 3.63) is 28.8 Å². The Balaban J connectivity index is 2.46. The van der Waals surface area contributed by atoms with Crippen molar-refractivity contribution in [3.63, 3.8) is 0 Å². The average molecular weight is 276 g/mol. The molecule has 0 amide bonds. The number of thiocarbonyl (C=S) groups is 1. The zero-order valence-electron chi connectivity index (χ0n) is 9.19. The van der Waals surface area contributed by atoms with Crippen LogP contribution in [0.15, 0.2) is 18.2 Å². The molecule has 0 bridgehead atoms. The van der Waals surface area contributed by atoms with E-state index in [9.17, 15) is 0 Å². The largest absolute Gasteiger partial charge is 0.490 e. The molecule has 0 saturated heterocycles. The summed E-state index contributed by atoms with van der Waals surface area (Å²) in [4.78, 5) is 0.296. The van der Waals surface area contributed by atoms with E-state index < -0.39 is 0 Å². The van der Waals surface area contributed by atoms with Crippen LogP contribution in [0, 0.1) is 0 Å². The molecule has 0 fully saturated rings. The SMILES string of the molecule is NC(=S)c1ccc(OCCOCCO)c(Cl)c1. The number of halogens is 1. The number of aliphatic hydroxyl groups excluding tert-OH is 1.